The third kappa shape index (κ3) is 2.65. The van der Waals surface area contributed by atoms with E-state index in [4.69, 9.17) is 4.74 Å². The molecule has 32 heavy (non-hydrogen) atoms. The lowest BCUT2D eigenvalue weighted by Gasteiger charge is -2.42. The summed E-state index contributed by atoms with van der Waals surface area (Å²) in [4.78, 5) is 51.4. The molecule has 5 rings (SSSR count). The molecule has 1 aliphatic heterocycles. The number of benzene rings is 1. The molecule has 0 radical (unpaired) electrons. The topological polar surface area (TPSA) is 121 Å². The molecular formula is C24H21NO7. The summed E-state index contributed by atoms with van der Waals surface area (Å²) in [6, 6.07) is 4.55. The minimum absolute atomic E-state index is 0.0144. The number of methoxy groups -OCH3 is 1. The van der Waals surface area contributed by atoms with Crippen LogP contribution < -0.4 is 4.74 Å². The highest BCUT2D eigenvalue weighted by molar-refractivity contribution is 6.23. The van der Waals surface area contributed by atoms with E-state index in [9.17, 15) is 29.5 Å². The number of phenols is 1. The fourth-order valence-corrected chi connectivity index (χ4v) is 5.64. The summed E-state index contributed by atoms with van der Waals surface area (Å²) in [6.45, 7) is 1.59. The first kappa shape index (κ1) is 20.4. The summed E-state index contributed by atoms with van der Waals surface area (Å²) in [5.74, 6) is -4.23. The van der Waals surface area contributed by atoms with Gasteiger partial charge in [-0.2, -0.15) is 5.06 Å². The lowest BCUT2D eigenvalue weighted by molar-refractivity contribution is -0.173. The van der Waals surface area contributed by atoms with Crippen LogP contribution in [-0.4, -0.2) is 45.9 Å². The van der Waals surface area contributed by atoms with Crippen molar-refractivity contribution in [3.63, 3.8) is 0 Å². The van der Waals surface area contributed by atoms with E-state index in [0.29, 0.717) is 28.0 Å². The average molecular weight is 435 g/mol. The summed E-state index contributed by atoms with van der Waals surface area (Å²) in [7, 11) is 1.45. The molecule has 2 N–H and O–H groups in total. The molecule has 0 unspecified atom stereocenters. The van der Waals surface area contributed by atoms with E-state index in [1.54, 1.807) is 13.0 Å². The SMILES string of the molecule is COc1cc(O)ccc1[C@H]1C2=CC[C@@H]3C(=O)N(O)C(=O)[C@@H]3[C@@H]2CC2=C1C(=O)C(C)=CC2=O. The van der Waals surface area contributed by atoms with Crippen LogP contribution in [-0.2, 0) is 19.2 Å². The smallest absolute Gasteiger partial charge is 0.257 e. The molecule has 0 spiro atoms. The molecule has 1 saturated heterocycles. The number of carbonyl (C=O) groups excluding carboxylic acids is 4. The van der Waals surface area contributed by atoms with Crippen molar-refractivity contribution >= 4 is 23.4 Å². The van der Waals surface area contributed by atoms with Gasteiger partial charge in [0.1, 0.15) is 11.5 Å². The Hall–Kier alpha value is -3.52. The van der Waals surface area contributed by atoms with Crippen LogP contribution >= 0.6 is 0 Å². The Labute approximate surface area is 183 Å². The van der Waals surface area contributed by atoms with Crippen molar-refractivity contribution in [3.8, 4) is 11.5 Å². The van der Waals surface area contributed by atoms with Gasteiger partial charge in [-0.1, -0.05) is 17.7 Å². The second-order valence-electron chi connectivity index (χ2n) is 8.64. The lowest BCUT2D eigenvalue weighted by Crippen LogP contribution is -2.39. The van der Waals surface area contributed by atoms with E-state index in [1.807, 2.05) is 6.08 Å². The number of carbonyl (C=O) groups is 4. The highest BCUT2D eigenvalue weighted by Crippen LogP contribution is 2.56. The van der Waals surface area contributed by atoms with Gasteiger partial charge in [0.05, 0.1) is 18.9 Å². The summed E-state index contributed by atoms with van der Waals surface area (Å²) in [5.41, 5.74) is 2.33. The Morgan fingerprint density at radius 1 is 1.09 bits per heavy atom. The van der Waals surface area contributed by atoms with Crippen molar-refractivity contribution < 1.29 is 34.2 Å². The molecule has 1 aromatic rings. The maximum absolute atomic E-state index is 13.3. The van der Waals surface area contributed by atoms with Crippen LogP contribution in [0.25, 0.3) is 0 Å². The second kappa shape index (κ2) is 7.00. The molecule has 3 aliphatic carbocycles. The molecule has 4 aliphatic rings. The second-order valence-corrected chi connectivity index (χ2v) is 8.64. The monoisotopic (exact) mass is 435 g/mol. The Bertz CT molecular complexity index is 1200. The Kier molecular flexibility index (Phi) is 4.46. The predicted molar refractivity (Wildman–Crippen MR) is 110 cm³/mol. The highest BCUT2D eigenvalue weighted by Gasteiger charge is 2.56. The number of hydroxylamine groups is 2. The standard InChI is InChI=1S/C24H21NO7/c1-10-7-17(27)16-9-15-12(5-6-14-20(15)24(30)25(31)23(14)29)19(21(16)22(10)28)13-4-3-11(26)8-18(13)32-2/h3-5,7-8,14-15,19-20,26,31H,6,9H2,1-2H3/t14-,15+,19+,20-/m0/s1. The van der Waals surface area contributed by atoms with Crippen LogP contribution in [0, 0.1) is 17.8 Å². The molecular weight excluding hydrogens is 414 g/mol. The minimum atomic E-state index is -0.804. The lowest BCUT2D eigenvalue weighted by atomic mass is 9.59. The number of rotatable bonds is 2. The number of ether oxygens (including phenoxy) is 1. The van der Waals surface area contributed by atoms with Gasteiger partial charge in [-0.3, -0.25) is 24.4 Å². The molecule has 0 saturated carbocycles. The van der Waals surface area contributed by atoms with E-state index in [2.05, 4.69) is 0 Å². The molecule has 1 fully saturated rings. The zero-order chi connectivity index (χ0) is 22.9. The molecule has 2 amide bonds. The number of Topliss-reactive ketones (excluding diaryl/α,β-unsaturated/α-hetero) is 1. The third-order valence-corrected chi connectivity index (χ3v) is 7.07. The summed E-state index contributed by atoms with van der Waals surface area (Å²) in [6.07, 6.45) is 3.54. The van der Waals surface area contributed by atoms with Crippen molar-refractivity contribution in [2.24, 2.45) is 17.8 Å². The van der Waals surface area contributed by atoms with E-state index < -0.39 is 35.5 Å². The predicted octanol–water partition coefficient (Wildman–Crippen LogP) is 2.22. The number of phenolic OH excluding ortho intramolecular Hbond substituents is 1. The van der Waals surface area contributed by atoms with Crippen molar-refractivity contribution in [3.05, 3.63) is 58.2 Å². The first-order valence-electron chi connectivity index (χ1n) is 10.4. The molecule has 1 aromatic carbocycles. The number of nitrogens with zero attached hydrogens (tertiary/aromatic N) is 1. The van der Waals surface area contributed by atoms with Gasteiger partial charge in [0.2, 0.25) is 0 Å². The van der Waals surface area contributed by atoms with Gasteiger partial charge in [0.15, 0.2) is 11.6 Å². The number of amides is 2. The Morgan fingerprint density at radius 2 is 1.84 bits per heavy atom. The zero-order valence-electron chi connectivity index (χ0n) is 17.5. The van der Waals surface area contributed by atoms with Gasteiger partial charge in [-0.25, -0.2) is 0 Å². The Morgan fingerprint density at radius 3 is 2.56 bits per heavy atom. The van der Waals surface area contributed by atoms with Crippen LogP contribution in [0.3, 0.4) is 0 Å². The summed E-state index contributed by atoms with van der Waals surface area (Å²) < 4.78 is 5.48. The minimum Gasteiger partial charge on any atom is -0.508 e. The maximum Gasteiger partial charge on any atom is 0.257 e. The molecule has 4 atom stereocenters. The van der Waals surface area contributed by atoms with Crippen molar-refractivity contribution in [1.82, 2.24) is 5.06 Å². The summed E-state index contributed by atoms with van der Waals surface area (Å²) in [5, 5.41) is 20.1. The molecule has 0 bridgehead atoms. The van der Waals surface area contributed by atoms with Crippen molar-refractivity contribution in [2.75, 3.05) is 7.11 Å². The molecule has 0 aromatic heterocycles. The third-order valence-electron chi connectivity index (χ3n) is 7.07. The number of imide groups is 1. The van der Waals surface area contributed by atoms with E-state index in [0.717, 1.165) is 5.57 Å². The largest absolute Gasteiger partial charge is 0.508 e. The van der Waals surface area contributed by atoms with Crippen LogP contribution in [0.2, 0.25) is 0 Å². The van der Waals surface area contributed by atoms with E-state index in [-0.39, 0.29) is 35.2 Å². The molecule has 164 valence electrons. The van der Waals surface area contributed by atoms with Crippen LogP contribution in [0.1, 0.15) is 31.2 Å². The van der Waals surface area contributed by atoms with Gasteiger partial charge in [0.25, 0.3) is 11.8 Å². The van der Waals surface area contributed by atoms with E-state index in [1.165, 1.54) is 25.3 Å². The molecule has 8 nitrogen and oxygen atoms in total. The maximum atomic E-state index is 13.3. The van der Waals surface area contributed by atoms with Crippen molar-refractivity contribution in [1.29, 1.82) is 0 Å². The fraction of sp³-hybridized carbons (Fsp3) is 0.333. The molecule has 1 heterocycles. The van der Waals surface area contributed by atoms with Gasteiger partial charge < -0.3 is 9.84 Å². The number of fused-ring (bicyclic) bond motifs is 3. The van der Waals surface area contributed by atoms with Gasteiger partial charge >= 0.3 is 0 Å². The van der Waals surface area contributed by atoms with Gasteiger partial charge in [0, 0.05) is 34.3 Å². The average Bonchev–Trinajstić information content (AvgIpc) is 3.00. The fourth-order valence-electron chi connectivity index (χ4n) is 5.64. The molecule has 8 heteroatoms. The van der Waals surface area contributed by atoms with Gasteiger partial charge in [-0.15, -0.1) is 0 Å². The first-order chi connectivity index (χ1) is 15.2. The quantitative estimate of drug-likeness (QED) is 0.316. The number of allylic oxidation sites excluding steroid dienone is 6. The van der Waals surface area contributed by atoms with Crippen molar-refractivity contribution in [2.45, 2.75) is 25.7 Å². The normalized spacial score (nSPS) is 29.4. The number of aromatic hydroxyl groups is 1. The highest BCUT2D eigenvalue weighted by atomic mass is 16.5. The van der Waals surface area contributed by atoms with E-state index >= 15 is 0 Å². The zero-order valence-corrected chi connectivity index (χ0v) is 17.5. The van der Waals surface area contributed by atoms with Crippen LogP contribution in [0.4, 0.5) is 0 Å². The number of ketones is 2. The first-order valence-corrected chi connectivity index (χ1v) is 10.4. The number of hydrogen-bond acceptors (Lipinski definition) is 7. The van der Waals surface area contributed by atoms with Crippen LogP contribution in [0.5, 0.6) is 11.5 Å². The number of hydrogen-bond donors (Lipinski definition) is 2. The van der Waals surface area contributed by atoms with Crippen LogP contribution in [0.15, 0.2) is 52.6 Å². The Balaban J connectivity index is 1.74. The summed E-state index contributed by atoms with van der Waals surface area (Å²) >= 11 is 0. The van der Waals surface area contributed by atoms with Gasteiger partial charge in [-0.05, 0) is 37.8 Å².